The molecule has 0 aromatic carbocycles. The van der Waals surface area contributed by atoms with Crippen molar-refractivity contribution in [3.8, 4) is 0 Å². The van der Waals surface area contributed by atoms with Gasteiger partial charge in [0.05, 0.1) is 12.8 Å². The van der Waals surface area contributed by atoms with Crippen molar-refractivity contribution in [2.24, 2.45) is 0 Å². The van der Waals surface area contributed by atoms with E-state index in [1.807, 2.05) is 19.0 Å². The van der Waals surface area contributed by atoms with E-state index in [1.54, 1.807) is 4.90 Å². The first-order valence-corrected chi connectivity index (χ1v) is 9.03. The van der Waals surface area contributed by atoms with Crippen molar-refractivity contribution in [1.29, 1.82) is 0 Å². The van der Waals surface area contributed by atoms with Crippen molar-refractivity contribution in [3.63, 3.8) is 0 Å². The minimum absolute atomic E-state index is 0.0350. The summed E-state index contributed by atoms with van der Waals surface area (Å²) in [6.07, 6.45) is 5.50. The van der Waals surface area contributed by atoms with Gasteiger partial charge in [-0.05, 0) is 26.9 Å². The zero-order valence-electron chi connectivity index (χ0n) is 12.8. The van der Waals surface area contributed by atoms with Gasteiger partial charge in [-0.15, -0.1) is 0 Å². The molecule has 0 radical (unpaired) electrons. The second kappa shape index (κ2) is 7.95. The summed E-state index contributed by atoms with van der Waals surface area (Å²) in [7, 11) is 0.428. The van der Waals surface area contributed by atoms with Crippen LogP contribution in [0.1, 0.15) is 25.7 Å². The molecule has 1 saturated heterocycles. The summed E-state index contributed by atoms with van der Waals surface area (Å²) in [6, 6.07) is 0. The summed E-state index contributed by atoms with van der Waals surface area (Å²) >= 11 is 0. The number of likely N-dealkylation sites (tertiary alicyclic amines) is 1. The predicted molar refractivity (Wildman–Crippen MR) is 80.0 cm³/mol. The van der Waals surface area contributed by atoms with E-state index in [4.69, 9.17) is 0 Å². The zero-order chi connectivity index (χ0) is 15.2. The highest BCUT2D eigenvalue weighted by Crippen LogP contribution is 2.10. The lowest BCUT2D eigenvalue weighted by molar-refractivity contribution is -0.131. The molecule has 0 aromatic heterocycles. The Balaban J connectivity index is 2.61. The van der Waals surface area contributed by atoms with Crippen LogP contribution in [-0.4, -0.2) is 81.5 Å². The second-order valence-electron chi connectivity index (χ2n) is 5.69. The zero-order valence-corrected chi connectivity index (χ0v) is 13.7. The first-order valence-electron chi connectivity index (χ1n) is 7.18. The van der Waals surface area contributed by atoms with E-state index in [9.17, 15) is 13.2 Å². The summed E-state index contributed by atoms with van der Waals surface area (Å²) in [5.74, 6) is -0.0731. The fourth-order valence-corrected chi connectivity index (χ4v) is 3.00. The number of nitrogens with zero attached hydrogens (tertiary/aromatic N) is 3. The van der Waals surface area contributed by atoms with Crippen molar-refractivity contribution >= 4 is 15.9 Å². The number of carbonyl (C=O) groups excluding carboxylic acids is 1. The SMILES string of the molecule is CN(C)CCN(CC(=O)N1CCCCCC1)S(C)(=O)=O. The Morgan fingerprint density at radius 2 is 1.60 bits per heavy atom. The number of sulfonamides is 1. The highest BCUT2D eigenvalue weighted by Gasteiger charge is 2.23. The molecule has 0 aromatic rings. The van der Waals surface area contributed by atoms with Crippen LogP contribution in [-0.2, 0) is 14.8 Å². The third kappa shape index (κ3) is 6.19. The van der Waals surface area contributed by atoms with E-state index in [-0.39, 0.29) is 12.5 Å². The van der Waals surface area contributed by atoms with Crippen molar-refractivity contribution < 1.29 is 13.2 Å². The molecule has 1 heterocycles. The Morgan fingerprint density at radius 1 is 1.05 bits per heavy atom. The predicted octanol–water partition coefficient (Wildman–Crippen LogP) is 0.212. The molecule has 7 heteroatoms. The molecule has 118 valence electrons. The summed E-state index contributed by atoms with van der Waals surface area (Å²) < 4.78 is 24.8. The number of hydrogen-bond donors (Lipinski definition) is 0. The molecule has 0 aliphatic carbocycles. The lowest BCUT2D eigenvalue weighted by atomic mass is 10.2. The van der Waals surface area contributed by atoms with Gasteiger partial charge in [-0.25, -0.2) is 8.42 Å². The molecule has 1 aliphatic heterocycles. The van der Waals surface area contributed by atoms with Crippen LogP contribution >= 0.6 is 0 Å². The highest BCUT2D eigenvalue weighted by molar-refractivity contribution is 7.88. The molecule has 0 bridgehead atoms. The first kappa shape index (κ1) is 17.4. The van der Waals surface area contributed by atoms with Crippen molar-refractivity contribution in [3.05, 3.63) is 0 Å². The van der Waals surface area contributed by atoms with Crippen molar-refractivity contribution in [2.45, 2.75) is 25.7 Å². The van der Waals surface area contributed by atoms with Crippen LogP contribution in [0.15, 0.2) is 0 Å². The molecule has 1 rings (SSSR count). The normalized spacial score (nSPS) is 17.6. The average Bonchev–Trinajstić information content (AvgIpc) is 2.61. The molecule has 0 saturated carbocycles. The highest BCUT2D eigenvalue weighted by atomic mass is 32.2. The minimum atomic E-state index is -3.34. The van der Waals surface area contributed by atoms with E-state index >= 15 is 0 Å². The van der Waals surface area contributed by atoms with Crippen molar-refractivity contribution in [2.75, 3.05) is 53.1 Å². The molecule has 0 N–H and O–H groups in total. The molecule has 1 aliphatic rings. The topological polar surface area (TPSA) is 60.9 Å². The van der Waals surface area contributed by atoms with Gasteiger partial charge in [0, 0.05) is 26.2 Å². The molecule has 0 atom stereocenters. The maximum absolute atomic E-state index is 12.3. The third-order valence-corrected chi connectivity index (χ3v) is 4.79. The largest absolute Gasteiger partial charge is 0.342 e. The van der Waals surface area contributed by atoms with Crippen LogP contribution in [0, 0.1) is 0 Å². The van der Waals surface area contributed by atoms with Crippen LogP contribution in [0.4, 0.5) is 0 Å². The van der Waals surface area contributed by atoms with E-state index < -0.39 is 10.0 Å². The lowest BCUT2D eigenvalue weighted by Gasteiger charge is -2.26. The first-order chi connectivity index (χ1) is 9.30. The van der Waals surface area contributed by atoms with Crippen LogP contribution < -0.4 is 0 Å². The molecule has 1 amide bonds. The molecule has 6 nitrogen and oxygen atoms in total. The van der Waals surface area contributed by atoms with Gasteiger partial charge in [0.15, 0.2) is 0 Å². The van der Waals surface area contributed by atoms with Gasteiger partial charge < -0.3 is 9.80 Å². The Hall–Kier alpha value is -0.660. The Morgan fingerprint density at radius 3 is 2.05 bits per heavy atom. The number of likely N-dealkylation sites (N-methyl/N-ethyl adjacent to an activating group) is 1. The quantitative estimate of drug-likeness (QED) is 0.704. The number of amides is 1. The molecule has 20 heavy (non-hydrogen) atoms. The van der Waals surface area contributed by atoms with Gasteiger partial charge in [0.1, 0.15) is 0 Å². The molecular weight excluding hydrogens is 278 g/mol. The molecule has 0 spiro atoms. The lowest BCUT2D eigenvalue weighted by Crippen LogP contribution is -2.44. The molecule has 1 fully saturated rings. The van der Waals surface area contributed by atoms with Crippen LogP contribution in [0.2, 0.25) is 0 Å². The Kier molecular flexibility index (Phi) is 6.91. The van der Waals surface area contributed by atoms with Gasteiger partial charge in [0.2, 0.25) is 15.9 Å². The fourth-order valence-electron chi connectivity index (χ4n) is 2.24. The third-order valence-electron chi connectivity index (χ3n) is 3.54. The fraction of sp³-hybridized carbons (Fsp3) is 0.923. The van der Waals surface area contributed by atoms with E-state index in [0.717, 1.165) is 38.8 Å². The second-order valence-corrected chi connectivity index (χ2v) is 7.68. The van der Waals surface area contributed by atoms with Crippen molar-refractivity contribution in [1.82, 2.24) is 14.1 Å². The molecule has 0 unspecified atom stereocenters. The minimum Gasteiger partial charge on any atom is -0.342 e. The maximum Gasteiger partial charge on any atom is 0.237 e. The number of carbonyl (C=O) groups is 1. The number of rotatable bonds is 6. The monoisotopic (exact) mass is 305 g/mol. The van der Waals surface area contributed by atoms with Gasteiger partial charge in [-0.1, -0.05) is 12.8 Å². The van der Waals surface area contributed by atoms with E-state index in [2.05, 4.69) is 0 Å². The smallest absolute Gasteiger partial charge is 0.237 e. The standard InChI is InChI=1S/C13H27N3O3S/c1-14(2)10-11-16(20(3,18)19)12-13(17)15-8-6-4-5-7-9-15/h4-12H2,1-3H3. The summed E-state index contributed by atoms with van der Waals surface area (Å²) in [4.78, 5) is 16.0. The summed E-state index contributed by atoms with van der Waals surface area (Å²) in [5, 5.41) is 0. The summed E-state index contributed by atoms with van der Waals surface area (Å²) in [6.45, 7) is 2.44. The van der Waals surface area contributed by atoms with E-state index in [1.165, 1.54) is 10.6 Å². The number of hydrogen-bond acceptors (Lipinski definition) is 4. The van der Waals surface area contributed by atoms with Gasteiger partial charge in [-0.2, -0.15) is 4.31 Å². The van der Waals surface area contributed by atoms with Crippen LogP contribution in [0.3, 0.4) is 0 Å². The average molecular weight is 305 g/mol. The van der Waals surface area contributed by atoms with Gasteiger partial charge in [0.25, 0.3) is 0 Å². The Bertz CT molecular complexity index is 401. The van der Waals surface area contributed by atoms with Crippen LogP contribution in [0.5, 0.6) is 0 Å². The Labute approximate surface area is 122 Å². The molecular formula is C13H27N3O3S. The van der Waals surface area contributed by atoms with Crippen LogP contribution in [0.25, 0.3) is 0 Å². The van der Waals surface area contributed by atoms with Gasteiger partial charge in [-0.3, -0.25) is 4.79 Å². The maximum atomic E-state index is 12.3. The summed E-state index contributed by atoms with van der Waals surface area (Å²) in [5.41, 5.74) is 0. The van der Waals surface area contributed by atoms with Gasteiger partial charge >= 0.3 is 0 Å². The van der Waals surface area contributed by atoms with E-state index in [0.29, 0.717) is 13.1 Å².